The van der Waals surface area contributed by atoms with Crippen molar-refractivity contribution in [2.75, 3.05) is 33.3 Å². The number of rotatable bonds is 3. The van der Waals surface area contributed by atoms with Crippen molar-refractivity contribution in [3.05, 3.63) is 35.1 Å². The summed E-state index contributed by atoms with van der Waals surface area (Å²) in [6, 6.07) is 4.61. The molecule has 19 heavy (non-hydrogen) atoms. The Morgan fingerprint density at radius 1 is 1.58 bits per heavy atom. The van der Waals surface area contributed by atoms with Crippen LogP contribution in [0.15, 0.2) is 18.2 Å². The van der Waals surface area contributed by atoms with Crippen molar-refractivity contribution in [3.63, 3.8) is 0 Å². The normalized spacial score (nSPS) is 19.5. The van der Waals surface area contributed by atoms with Gasteiger partial charge in [-0.15, -0.1) is 0 Å². The van der Waals surface area contributed by atoms with Gasteiger partial charge in [0.1, 0.15) is 5.82 Å². The number of likely N-dealkylation sites (N-methyl/N-ethyl adjacent to an activating group) is 1. The molecule has 1 unspecified atom stereocenters. The molecule has 104 valence electrons. The van der Waals surface area contributed by atoms with E-state index in [1.54, 1.807) is 24.0 Å². The molecule has 0 radical (unpaired) electrons. The molecular weight excluding hydrogens is 247 g/mol. The van der Waals surface area contributed by atoms with Gasteiger partial charge in [0.05, 0.1) is 12.7 Å². The van der Waals surface area contributed by atoms with E-state index in [2.05, 4.69) is 5.32 Å². The molecule has 5 heteroatoms. The molecule has 0 aromatic heterocycles. The van der Waals surface area contributed by atoms with Gasteiger partial charge in [-0.25, -0.2) is 4.39 Å². The molecule has 0 bridgehead atoms. The summed E-state index contributed by atoms with van der Waals surface area (Å²) in [7, 11) is 1.85. The lowest BCUT2D eigenvalue weighted by atomic mass is 10.1. The number of ether oxygens (including phenoxy) is 1. The Morgan fingerprint density at radius 3 is 3.05 bits per heavy atom. The molecule has 1 aromatic rings. The van der Waals surface area contributed by atoms with Crippen LogP contribution >= 0.6 is 0 Å². The van der Waals surface area contributed by atoms with Gasteiger partial charge in [0, 0.05) is 25.2 Å². The molecule has 1 aliphatic heterocycles. The quantitative estimate of drug-likeness (QED) is 0.893. The molecular formula is C14H19FN2O2. The smallest absolute Gasteiger partial charge is 0.254 e. The number of carbonyl (C=O) groups is 1. The maximum Gasteiger partial charge on any atom is 0.254 e. The van der Waals surface area contributed by atoms with E-state index in [0.29, 0.717) is 37.4 Å². The maximum atomic E-state index is 13.5. The Morgan fingerprint density at radius 2 is 2.37 bits per heavy atom. The zero-order valence-corrected chi connectivity index (χ0v) is 11.3. The lowest BCUT2D eigenvalue weighted by molar-refractivity contribution is -0.0196. The van der Waals surface area contributed by atoms with Gasteiger partial charge in [0.25, 0.3) is 5.91 Å². The first-order chi connectivity index (χ1) is 9.11. The number of nitrogens with one attached hydrogen (secondary N) is 1. The first-order valence-corrected chi connectivity index (χ1v) is 6.43. The van der Waals surface area contributed by atoms with Crippen LogP contribution in [0.1, 0.15) is 15.9 Å². The second-order valence-electron chi connectivity index (χ2n) is 4.77. The molecule has 1 heterocycles. The molecule has 1 aliphatic rings. The van der Waals surface area contributed by atoms with Crippen molar-refractivity contribution in [3.8, 4) is 0 Å². The maximum absolute atomic E-state index is 13.5. The number of hydrogen-bond acceptors (Lipinski definition) is 3. The number of carbonyl (C=O) groups excluding carboxylic acids is 1. The molecule has 1 N–H and O–H groups in total. The predicted molar refractivity (Wildman–Crippen MR) is 70.7 cm³/mol. The van der Waals surface area contributed by atoms with Crippen molar-refractivity contribution in [2.45, 2.75) is 13.0 Å². The van der Waals surface area contributed by atoms with E-state index >= 15 is 0 Å². The first kappa shape index (κ1) is 14.0. The first-order valence-electron chi connectivity index (χ1n) is 6.43. The van der Waals surface area contributed by atoms with Gasteiger partial charge in [-0.1, -0.05) is 6.07 Å². The molecule has 1 saturated heterocycles. The number of halogens is 1. The Balaban J connectivity index is 2.08. The van der Waals surface area contributed by atoms with Crippen LogP contribution < -0.4 is 5.32 Å². The third-order valence-corrected chi connectivity index (χ3v) is 3.28. The molecule has 0 saturated carbocycles. The van der Waals surface area contributed by atoms with Crippen LogP contribution in [-0.4, -0.2) is 50.2 Å². The van der Waals surface area contributed by atoms with E-state index in [9.17, 15) is 9.18 Å². The van der Waals surface area contributed by atoms with Crippen LogP contribution in [0.5, 0.6) is 0 Å². The molecule has 4 nitrogen and oxygen atoms in total. The summed E-state index contributed by atoms with van der Waals surface area (Å²) in [5, 5.41) is 3.03. The molecule has 0 aliphatic carbocycles. The highest BCUT2D eigenvalue weighted by Gasteiger charge is 2.24. The van der Waals surface area contributed by atoms with Crippen molar-refractivity contribution in [1.82, 2.24) is 10.2 Å². The fraction of sp³-hybridized carbons (Fsp3) is 0.500. The minimum atomic E-state index is -0.342. The molecule has 1 amide bonds. The lowest BCUT2D eigenvalue weighted by Gasteiger charge is -2.33. The summed E-state index contributed by atoms with van der Waals surface area (Å²) >= 11 is 0. The molecule has 2 rings (SSSR count). The van der Waals surface area contributed by atoms with E-state index < -0.39 is 0 Å². The van der Waals surface area contributed by atoms with Crippen molar-refractivity contribution in [1.29, 1.82) is 0 Å². The van der Waals surface area contributed by atoms with E-state index in [1.807, 2.05) is 7.05 Å². The summed E-state index contributed by atoms with van der Waals surface area (Å²) in [5.41, 5.74) is 0.944. The van der Waals surface area contributed by atoms with E-state index in [0.717, 1.165) is 0 Å². The Bertz CT molecular complexity index is 463. The average molecular weight is 266 g/mol. The summed E-state index contributed by atoms with van der Waals surface area (Å²) in [6.07, 6.45) is -0.00186. The van der Waals surface area contributed by atoms with Gasteiger partial charge < -0.3 is 15.0 Å². The number of amides is 1. The summed E-state index contributed by atoms with van der Waals surface area (Å²) in [4.78, 5) is 14.0. The average Bonchev–Trinajstić information content (AvgIpc) is 2.42. The number of benzene rings is 1. The SMILES string of the molecule is CNCC1CN(C(=O)c2ccc(C)c(F)c2)CCO1. The highest BCUT2D eigenvalue weighted by Crippen LogP contribution is 2.14. The second kappa shape index (κ2) is 6.12. The van der Waals surface area contributed by atoms with Crippen molar-refractivity contribution >= 4 is 5.91 Å². The fourth-order valence-corrected chi connectivity index (χ4v) is 2.16. The topological polar surface area (TPSA) is 41.6 Å². The molecule has 1 atom stereocenters. The van der Waals surface area contributed by atoms with Crippen LogP contribution in [0.4, 0.5) is 4.39 Å². The molecule has 1 fully saturated rings. The van der Waals surface area contributed by atoms with Crippen molar-refractivity contribution in [2.24, 2.45) is 0 Å². The van der Waals surface area contributed by atoms with Gasteiger partial charge in [-0.2, -0.15) is 0 Å². The second-order valence-corrected chi connectivity index (χ2v) is 4.77. The van der Waals surface area contributed by atoms with Gasteiger partial charge in [-0.3, -0.25) is 4.79 Å². The third kappa shape index (κ3) is 3.30. The highest BCUT2D eigenvalue weighted by molar-refractivity contribution is 5.94. The fourth-order valence-electron chi connectivity index (χ4n) is 2.16. The Hall–Kier alpha value is -1.46. The monoisotopic (exact) mass is 266 g/mol. The minimum Gasteiger partial charge on any atom is -0.373 e. The van der Waals surface area contributed by atoms with Gasteiger partial charge in [0.15, 0.2) is 0 Å². The van der Waals surface area contributed by atoms with E-state index in [4.69, 9.17) is 4.74 Å². The summed E-state index contributed by atoms with van der Waals surface area (Å²) in [5.74, 6) is -0.478. The van der Waals surface area contributed by atoms with Crippen LogP contribution in [0.3, 0.4) is 0 Å². The zero-order chi connectivity index (χ0) is 13.8. The van der Waals surface area contributed by atoms with Gasteiger partial charge >= 0.3 is 0 Å². The Labute approximate surface area is 112 Å². The van der Waals surface area contributed by atoms with Crippen LogP contribution in [0.2, 0.25) is 0 Å². The standard InChI is InChI=1S/C14H19FN2O2/c1-10-3-4-11(7-13(10)15)14(18)17-5-6-19-12(9-17)8-16-2/h3-4,7,12,16H,5-6,8-9H2,1-2H3. The van der Waals surface area contributed by atoms with Crippen LogP contribution in [0.25, 0.3) is 0 Å². The number of morpholine rings is 1. The van der Waals surface area contributed by atoms with E-state index in [1.165, 1.54) is 6.07 Å². The largest absolute Gasteiger partial charge is 0.373 e. The highest BCUT2D eigenvalue weighted by atomic mass is 19.1. The number of hydrogen-bond donors (Lipinski definition) is 1. The minimum absolute atomic E-state index is 0.00186. The van der Waals surface area contributed by atoms with Crippen molar-refractivity contribution < 1.29 is 13.9 Å². The number of nitrogens with zero attached hydrogens (tertiary/aromatic N) is 1. The van der Waals surface area contributed by atoms with Crippen LogP contribution in [0, 0.1) is 12.7 Å². The summed E-state index contributed by atoms with van der Waals surface area (Å²) in [6.45, 7) is 3.99. The Kier molecular flexibility index (Phi) is 4.50. The number of aryl methyl sites for hydroxylation is 1. The third-order valence-electron chi connectivity index (χ3n) is 3.28. The van der Waals surface area contributed by atoms with E-state index in [-0.39, 0.29) is 17.8 Å². The summed E-state index contributed by atoms with van der Waals surface area (Å²) < 4.78 is 19.0. The van der Waals surface area contributed by atoms with Crippen LogP contribution in [-0.2, 0) is 4.74 Å². The predicted octanol–water partition coefficient (Wildman–Crippen LogP) is 1.19. The lowest BCUT2D eigenvalue weighted by Crippen LogP contribution is -2.48. The van der Waals surface area contributed by atoms with Gasteiger partial charge in [0.2, 0.25) is 0 Å². The molecule has 0 spiro atoms. The zero-order valence-electron chi connectivity index (χ0n) is 11.3. The van der Waals surface area contributed by atoms with Gasteiger partial charge in [-0.05, 0) is 31.7 Å². The molecule has 1 aromatic carbocycles.